The van der Waals surface area contributed by atoms with Gasteiger partial charge in [0, 0.05) is 18.5 Å². The molecule has 5 heteroatoms. The lowest BCUT2D eigenvalue weighted by atomic mass is 9.97. The van der Waals surface area contributed by atoms with Crippen LogP contribution in [0, 0.1) is 5.82 Å². The Kier molecular flexibility index (Phi) is 9.44. The number of hydrogen-bond donors (Lipinski definition) is 1. The Morgan fingerprint density at radius 2 is 1.50 bits per heavy atom. The molecule has 0 aliphatic carbocycles. The number of hydrogen-bond acceptors (Lipinski definition) is 3. The van der Waals surface area contributed by atoms with Crippen LogP contribution in [0.5, 0.6) is 11.5 Å². The van der Waals surface area contributed by atoms with Crippen molar-refractivity contribution in [3.05, 3.63) is 72.0 Å². The molecular weight excluding hydrogens is 438 g/mol. The second-order valence-corrected chi connectivity index (χ2v) is 8.67. The third kappa shape index (κ3) is 6.27. The Morgan fingerprint density at radius 1 is 0.875 bits per heavy atom. The van der Waals surface area contributed by atoms with Gasteiger partial charge in [0.05, 0.1) is 6.10 Å². The first kappa shape index (κ1) is 24.6. The number of benzene rings is 3. The van der Waals surface area contributed by atoms with Gasteiger partial charge in [-0.2, -0.15) is 0 Å². The van der Waals surface area contributed by atoms with Gasteiger partial charge in [-0.15, -0.1) is 9.24 Å². The van der Waals surface area contributed by atoms with Crippen LogP contribution >= 0.6 is 22.1 Å². The van der Waals surface area contributed by atoms with E-state index in [1.165, 1.54) is 25.7 Å². The topological polar surface area (TPSA) is 18.5 Å². The van der Waals surface area contributed by atoms with Gasteiger partial charge >= 0.3 is 0 Å². The summed E-state index contributed by atoms with van der Waals surface area (Å²) in [5.74, 6) is 0.677. The van der Waals surface area contributed by atoms with Gasteiger partial charge in [-0.05, 0) is 66.4 Å². The van der Waals surface area contributed by atoms with Gasteiger partial charge in [0.2, 0.25) is 0 Å². The highest BCUT2D eigenvalue weighted by Gasteiger charge is 2.14. The minimum absolute atomic E-state index is 0.142. The molecule has 0 aromatic heterocycles. The van der Waals surface area contributed by atoms with Crippen LogP contribution in [0.25, 0.3) is 22.3 Å². The Bertz CT molecular complexity index is 990. The summed E-state index contributed by atoms with van der Waals surface area (Å²) in [5, 5.41) is 0. The zero-order valence-electron chi connectivity index (χ0n) is 18.8. The molecule has 2 nitrogen and oxygen atoms in total. The van der Waals surface area contributed by atoms with Crippen molar-refractivity contribution >= 4 is 22.1 Å². The molecule has 32 heavy (non-hydrogen) atoms. The van der Waals surface area contributed by atoms with Crippen molar-refractivity contribution in [1.29, 1.82) is 0 Å². The maximum absolute atomic E-state index is 14.6. The molecule has 0 saturated carbocycles. The van der Waals surface area contributed by atoms with Crippen molar-refractivity contribution in [2.45, 2.75) is 58.2 Å². The Hall–Kier alpha value is -2.03. The van der Waals surface area contributed by atoms with Crippen LogP contribution < -0.4 is 8.92 Å². The van der Waals surface area contributed by atoms with Crippen LogP contribution in [0.1, 0.15) is 51.5 Å². The van der Waals surface area contributed by atoms with Crippen LogP contribution in [0.15, 0.2) is 60.7 Å². The molecule has 170 valence electrons. The monoisotopic (exact) mass is 470 g/mol. The minimum atomic E-state index is -0.369. The normalized spacial score (nSPS) is 11.9. The molecule has 2 atom stereocenters. The zero-order chi connectivity index (χ0) is 22.9. The summed E-state index contributed by atoms with van der Waals surface area (Å²) >= 11 is 3.73. The molecule has 3 rings (SSSR count). The molecule has 0 spiro atoms. The van der Waals surface area contributed by atoms with Gasteiger partial charge in [-0.25, -0.2) is 4.39 Å². The van der Waals surface area contributed by atoms with E-state index in [0.29, 0.717) is 11.7 Å². The van der Waals surface area contributed by atoms with Crippen molar-refractivity contribution in [3.63, 3.8) is 0 Å². The SMILES string of the molecule is CCCCCCC(C)Oc1ccc(-c2ccc(-c3ccc(OS)c(F)c3CP)cc2)cc1. The predicted molar refractivity (Wildman–Crippen MR) is 139 cm³/mol. The largest absolute Gasteiger partial charge is 0.491 e. The van der Waals surface area contributed by atoms with Gasteiger partial charge < -0.3 is 8.92 Å². The molecule has 0 aliphatic heterocycles. The first-order chi connectivity index (χ1) is 15.6. The van der Waals surface area contributed by atoms with E-state index in [1.807, 2.05) is 30.3 Å². The molecule has 3 aromatic carbocycles. The van der Waals surface area contributed by atoms with E-state index in [0.717, 1.165) is 34.4 Å². The van der Waals surface area contributed by atoms with Crippen molar-refractivity contribution in [2.24, 2.45) is 0 Å². The third-order valence-corrected chi connectivity index (χ3v) is 6.30. The number of thiol groups is 1. The van der Waals surface area contributed by atoms with E-state index in [2.05, 4.69) is 60.3 Å². The third-order valence-electron chi connectivity index (χ3n) is 5.70. The van der Waals surface area contributed by atoms with Crippen LogP contribution in [-0.2, 0) is 6.16 Å². The maximum atomic E-state index is 14.6. The Balaban J connectivity index is 1.68. The van der Waals surface area contributed by atoms with Gasteiger partial charge in [-0.1, -0.05) is 68.7 Å². The molecule has 0 saturated heterocycles. The molecule has 0 fully saturated rings. The van der Waals surface area contributed by atoms with Crippen molar-refractivity contribution in [1.82, 2.24) is 0 Å². The lowest BCUT2D eigenvalue weighted by molar-refractivity contribution is 0.206. The van der Waals surface area contributed by atoms with Gasteiger partial charge in [-0.3, -0.25) is 0 Å². The van der Waals surface area contributed by atoms with Crippen molar-refractivity contribution < 1.29 is 13.3 Å². The zero-order valence-corrected chi connectivity index (χ0v) is 20.9. The van der Waals surface area contributed by atoms with E-state index in [4.69, 9.17) is 8.92 Å². The van der Waals surface area contributed by atoms with E-state index in [9.17, 15) is 4.39 Å². The number of unbranched alkanes of at least 4 members (excludes halogenated alkanes) is 3. The standard InChI is InChI=1S/C27H32FO2PS/c1-3-4-5-6-7-19(2)29-23-14-12-21(13-15-23)20-8-10-22(11-9-20)24-16-17-26(30-32)27(28)25(24)18-31/h8-17,19,32H,3-7,18,31H2,1-2H3. The van der Waals surface area contributed by atoms with Crippen molar-refractivity contribution in [3.8, 4) is 33.8 Å². The summed E-state index contributed by atoms with van der Waals surface area (Å²) in [4.78, 5) is 0. The Morgan fingerprint density at radius 3 is 2.09 bits per heavy atom. The van der Waals surface area contributed by atoms with Crippen LogP contribution in [-0.4, -0.2) is 6.10 Å². The number of ether oxygens (including phenoxy) is 1. The summed E-state index contributed by atoms with van der Waals surface area (Å²) in [6, 6.07) is 19.9. The van der Waals surface area contributed by atoms with Gasteiger partial charge in [0.1, 0.15) is 5.75 Å². The highest BCUT2D eigenvalue weighted by Crippen LogP contribution is 2.34. The van der Waals surface area contributed by atoms with Gasteiger partial charge in [0.15, 0.2) is 11.6 Å². The van der Waals surface area contributed by atoms with E-state index < -0.39 is 0 Å². The number of rotatable bonds is 11. The molecule has 2 unspecified atom stereocenters. The average molecular weight is 471 g/mol. The molecule has 0 radical (unpaired) electrons. The molecule has 0 aliphatic rings. The molecule has 0 bridgehead atoms. The van der Waals surface area contributed by atoms with E-state index in [-0.39, 0.29) is 17.7 Å². The molecule has 0 amide bonds. The van der Waals surface area contributed by atoms with Crippen molar-refractivity contribution in [2.75, 3.05) is 0 Å². The fraction of sp³-hybridized carbons (Fsp3) is 0.333. The summed E-state index contributed by atoms with van der Waals surface area (Å²) < 4.78 is 25.5. The van der Waals surface area contributed by atoms with E-state index >= 15 is 0 Å². The molecule has 0 N–H and O–H groups in total. The lowest BCUT2D eigenvalue weighted by Gasteiger charge is -2.15. The first-order valence-electron chi connectivity index (χ1n) is 11.3. The first-order valence-corrected chi connectivity index (χ1v) is 12.5. The fourth-order valence-corrected chi connectivity index (χ4v) is 4.40. The second kappa shape index (κ2) is 12.3. The summed E-state index contributed by atoms with van der Waals surface area (Å²) in [6.07, 6.45) is 6.84. The lowest BCUT2D eigenvalue weighted by Crippen LogP contribution is -2.11. The second-order valence-electron chi connectivity index (χ2n) is 8.08. The fourth-order valence-electron chi connectivity index (χ4n) is 3.86. The van der Waals surface area contributed by atoms with E-state index in [1.54, 1.807) is 6.07 Å². The van der Waals surface area contributed by atoms with Crippen LogP contribution in [0.4, 0.5) is 4.39 Å². The van der Waals surface area contributed by atoms with Gasteiger partial charge in [0.25, 0.3) is 0 Å². The summed E-state index contributed by atoms with van der Waals surface area (Å²) in [5.41, 5.74) is 4.65. The molecule has 3 aromatic rings. The molecule has 0 heterocycles. The molecular formula is C27H32FO2PS. The van der Waals surface area contributed by atoms with Crippen LogP contribution in [0.3, 0.4) is 0 Å². The summed E-state index contributed by atoms with van der Waals surface area (Å²) in [6.45, 7) is 4.37. The quantitative estimate of drug-likeness (QED) is 0.131. The minimum Gasteiger partial charge on any atom is -0.491 e. The summed E-state index contributed by atoms with van der Waals surface area (Å²) in [7, 11) is 2.58. The Labute approximate surface area is 199 Å². The predicted octanol–water partition coefficient (Wildman–Crippen LogP) is 8.50. The average Bonchev–Trinajstić information content (AvgIpc) is 2.82. The highest BCUT2D eigenvalue weighted by molar-refractivity contribution is 7.75. The number of halogens is 1. The van der Waals surface area contributed by atoms with Crippen LogP contribution in [0.2, 0.25) is 0 Å². The smallest absolute Gasteiger partial charge is 0.172 e. The highest BCUT2D eigenvalue weighted by atomic mass is 32.1. The maximum Gasteiger partial charge on any atom is 0.172 e.